The maximum atomic E-state index is 3.16. The highest BCUT2D eigenvalue weighted by Gasteiger charge is 1.98. The van der Waals surface area contributed by atoms with Crippen LogP contribution in [0.1, 0.15) is 6.92 Å². The summed E-state index contributed by atoms with van der Waals surface area (Å²) in [5.74, 6) is 1.16. The smallest absolute Gasteiger partial charge is 0.0692 e. The van der Waals surface area contributed by atoms with Crippen molar-refractivity contribution in [2.75, 3.05) is 5.75 Å². The molecule has 0 aliphatic carbocycles. The highest BCUT2D eigenvalue weighted by molar-refractivity contribution is 8.00. The Hall–Kier alpha value is -0.110. The summed E-state index contributed by atoms with van der Waals surface area (Å²) >= 11 is 1.92. The molecule has 0 fully saturated rings. The van der Waals surface area contributed by atoms with E-state index in [1.165, 1.54) is 0 Å². The number of thioether (sulfide) groups is 1. The van der Waals surface area contributed by atoms with Gasteiger partial charge in [0.15, 0.2) is 0 Å². The SMILES string of the molecule is CC1NC=CCS1. The Balaban J connectivity index is 2.32. The van der Waals surface area contributed by atoms with Crippen LogP contribution in [0.25, 0.3) is 0 Å². The van der Waals surface area contributed by atoms with Gasteiger partial charge in [-0.15, -0.1) is 11.8 Å². The highest BCUT2D eigenvalue weighted by Crippen LogP contribution is 2.09. The summed E-state index contributed by atoms with van der Waals surface area (Å²) in [4.78, 5) is 0. The van der Waals surface area contributed by atoms with Gasteiger partial charge in [0.05, 0.1) is 5.37 Å². The van der Waals surface area contributed by atoms with Gasteiger partial charge in [0.1, 0.15) is 0 Å². The molecule has 0 spiro atoms. The molecular formula is C5H9NS. The Labute approximate surface area is 48.2 Å². The third-order valence-corrected chi connectivity index (χ3v) is 1.91. The van der Waals surface area contributed by atoms with Crippen molar-refractivity contribution in [1.29, 1.82) is 0 Å². The van der Waals surface area contributed by atoms with E-state index in [1.54, 1.807) is 0 Å². The highest BCUT2D eigenvalue weighted by atomic mass is 32.2. The van der Waals surface area contributed by atoms with Gasteiger partial charge in [0.25, 0.3) is 0 Å². The van der Waals surface area contributed by atoms with Crippen molar-refractivity contribution in [2.45, 2.75) is 12.3 Å². The summed E-state index contributed by atoms with van der Waals surface area (Å²) in [6.07, 6.45) is 4.14. The van der Waals surface area contributed by atoms with Gasteiger partial charge in [0, 0.05) is 5.75 Å². The molecule has 1 atom stereocenters. The van der Waals surface area contributed by atoms with Crippen LogP contribution >= 0.6 is 11.8 Å². The van der Waals surface area contributed by atoms with Gasteiger partial charge in [0.2, 0.25) is 0 Å². The monoisotopic (exact) mass is 115 g/mol. The minimum atomic E-state index is 0.616. The quantitative estimate of drug-likeness (QED) is 0.509. The molecule has 0 aromatic heterocycles. The number of hydrogen-bond acceptors (Lipinski definition) is 2. The molecule has 1 heterocycles. The van der Waals surface area contributed by atoms with Gasteiger partial charge >= 0.3 is 0 Å². The minimum absolute atomic E-state index is 0.616. The zero-order valence-electron chi connectivity index (χ0n) is 4.35. The van der Waals surface area contributed by atoms with E-state index in [0.717, 1.165) is 5.75 Å². The Bertz CT molecular complexity index is 80.1. The van der Waals surface area contributed by atoms with Crippen LogP contribution in [0.5, 0.6) is 0 Å². The minimum Gasteiger partial charge on any atom is -0.380 e. The molecule has 0 bridgehead atoms. The van der Waals surface area contributed by atoms with E-state index in [9.17, 15) is 0 Å². The fraction of sp³-hybridized carbons (Fsp3) is 0.600. The topological polar surface area (TPSA) is 12.0 Å². The molecular weight excluding hydrogens is 106 g/mol. The first-order valence-electron chi connectivity index (χ1n) is 2.42. The second-order valence-electron chi connectivity index (χ2n) is 1.54. The van der Waals surface area contributed by atoms with Crippen molar-refractivity contribution in [3.8, 4) is 0 Å². The maximum Gasteiger partial charge on any atom is 0.0692 e. The molecule has 1 N–H and O–H groups in total. The summed E-state index contributed by atoms with van der Waals surface area (Å²) in [7, 11) is 0. The fourth-order valence-corrected chi connectivity index (χ4v) is 1.17. The number of nitrogens with one attached hydrogen (secondary N) is 1. The van der Waals surface area contributed by atoms with Crippen molar-refractivity contribution in [1.82, 2.24) is 5.32 Å². The molecule has 0 amide bonds. The van der Waals surface area contributed by atoms with Crippen LogP contribution in [0.4, 0.5) is 0 Å². The second kappa shape index (κ2) is 2.26. The molecule has 7 heavy (non-hydrogen) atoms. The summed E-state index contributed by atoms with van der Waals surface area (Å²) in [6.45, 7) is 2.16. The van der Waals surface area contributed by atoms with Crippen LogP contribution in [-0.4, -0.2) is 11.1 Å². The van der Waals surface area contributed by atoms with Crippen LogP contribution in [0, 0.1) is 0 Å². The van der Waals surface area contributed by atoms with E-state index in [2.05, 4.69) is 18.3 Å². The van der Waals surface area contributed by atoms with E-state index in [0.29, 0.717) is 5.37 Å². The lowest BCUT2D eigenvalue weighted by atomic mass is 10.6. The molecule has 40 valence electrons. The van der Waals surface area contributed by atoms with Crippen molar-refractivity contribution in [2.24, 2.45) is 0 Å². The van der Waals surface area contributed by atoms with Crippen molar-refractivity contribution in [3.63, 3.8) is 0 Å². The van der Waals surface area contributed by atoms with Gasteiger partial charge in [-0.3, -0.25) is 0 Å². The molecule has 0 saturated heterocycles. The molecule has 1 nitrogen and oxygen atoms in total. The first kappa shape index (κ1) is 5.04. The lowest BCUT2D eigenvalue weighted by Crippen LogP contribution is -2.19. The third-order valence-electron chi connectivity index (χ3n) is 0.891. The van der Waals surface area contributed by atoms with E-state index in [4.69, 9.17) is 0 Å². The summed E-state index contributed by atoms with van der Waals surface area (Å²) in [5, 5.41) is 3.78. The van der Waals surface area contributed by atoms with E-state index in [1.807, 2.05) is 18.0 Å². The predicted molar refractivity (Wildman–Crippen MR) is 34.2 cm³/mol. The van der Waals surface area contributed by atoms with Crippen molar-refractivity contribution in [3.05, 3.63) is 12.3 Å². The number of rotatable bonds is 0. The largest absolute Gasteiger partial charge is 0.380 e. The molecule has 2 heteroatoms. The Kier molecular flexibility index (Phi) is 1.63. The fourth-order valence-electron chi connectivity index (χ4n) is 0.500. The predicted octanol–water partition coefficient (Wildman–Crippen LogP) is 1.18. The second-order valence-corrected chi connectivity index (χ2v) is 2.92. The normalized spacial score (nSPS) is 29.6. The Morgan fingerprint density at radius 1 is 1.86 bits per heavy atom. The molecule has 1 aliphatic rings. The Morgan fingerprint density at radius 3 is 3.00 bits per heavy atom. The zero-order chi connectivity index (χ0) is 5.11. The summed E-state index contributed by atoms with van der Waals surface area (Å²) < 4.78 is 0. The van der Waals surface area contributed by atoms with Crippen LogP contribution in [-0.2, 0) is 0 Å². The van der Waals surface area contributed by atoms with Crippen molar-refractivity contribution < 1.29 is 0 Å². The average Bonchev–Trinajstić information content (AvgIpc) is 1.69. The van der Waals surface area contributed by atoms with Crippen LogP contribution in [0.3, 0.4) is 0 Å². The van der Waals surface area contributed by atoms with Gasteiger partial charge < -0.3 is 5.32 Å². The summed E-state index contributed by atoms with van der Waals surface area (Å²) in [5.41, 5.74) is 0. The molecule has 1 unspecified atom stereocenters. The van der Waals surface area contributed by atoms with E-state index < -0.39 is 0 Å². The lowest BCUT2D eigenvalue weighted by Gasteiger charge is -2.13. The first-order valence-corrected chi connectivity index (χ1v) is 3.47. The van der Waals surface area contributed by atoms with Crippen LogP contribution in [0.15, 0.2) is 12.3 Å². The zero-order valence-corrected chi connectivity index (χ0v) is 5.16. The van der Waals surface area contributed by atoms with Gasteiger partial charge in [-0.25, -0.2) is 0 Å². The number of hydrogen-bond donors (Lipinski definition) is 1. The molecule has 0 saturated carbocycles. The van der Waals surface area contributed by atoms with Crippen LogP contribution < -0.4 is 5.32 Å². The molecule has 0 aromatic carbocycles. The standard InChI is InChI=1S/C5H9NS/c1-5-6-3-2-4-7-5/h2-3,5-6H,4H2,1H3. The van der Waals surface area contributed by atoms with E-state index >= 15 is 0 Å². The molecule has 0 radical (unpaired) electrons. The lowest BCUT2D eigenvalue weighted by molar-refractivity contribution is 0.846. The first-order chi connectivity index (χ1) is 3.39. The van der Waals surface area contributed by atoms with Crippen LogP contribution in [0.2, 0.25) is 0 Å². The molecule has 0 aromatic rings. The van der Waals surface area contributed by atoms with E-state index in [-0.39, 0.29) is 0 Å². The molecule has 1 aliphatic heterocycles. The van der Waals surface area contributed by atoms with Gasteiger partial charge in [-0.1, -0.05) is 6.08 Å². The average molecular weight is 115 g/mol. The Morgan fingerprint density at radius 2 is 2.71 bits per heavy atom. The maximum absolute atomic E-state index is 3.16. The third kappa shape index (κ3) is 1.43. The summed E-state index contributed by atoms with van der Waals surface area (Å²) in [6, 6.07) is 0. The van der Waals surface area contributed by atoms with Gasteiger partial charge in [-0.2, -0.15) is 0 Å². The van der Waals surface area contributed by atoms with Crippen molar-refractivity contribution >= 4 is 11.8 Å². The molecule has 1 rings (SSSR count). The van der Waals surface area contributed by atoms with Gasteiger partial charge in [-0.05, 0) is 13.1 Å².